The maximum absolute atomic E-state index is 13.8. The maximum atomic E-state index is 13.8. The highest BCUT2D eigenvalue weighted by molar-refractivity contribution is 5.76. The maximum Gasteiger partial charge on any atom is 0.221 e. The Morgan fingerprint density at radius 3 is 2.96 bits per heavy atom. The molecule has 7 heteroatoms. The van der Waals surface area contributed by atoms with E-state index in [2.05, 4.69) is 5.32 Å². The number of nitrogens with one attached hydrogen (secondary N) is 1. The molecule has 1 aromatic carbocycles. The minimum Gasteiger partial charge on any atom is -0.496 e. The molecule has 1 heterocycles. The Morgan fingerprint density at radius 1 is 1.52 bits per heavy atom. The van der Waals surface area contributed by atoms with Gasteiger partial charge >= 0.3 is 0 Å². The molecule has 138 valence electrons. The van der Waals surface area contributed by atoms with Crippen molar-refractivity contribution >= 4 is 5.91 Å². The molecule has 0 unspecified atom stereocenters. The van der Waals surface area contributed by atoms with Crippen LogP contribution in [0.25, 0.3) is 0 Å². The van der Waals surface area contributed by atoms with Crippen molar-refractivity contribution in [1.29, 1.82) is 0 Å². The number of hydroxylamine groups is 2. The summed E-state index contributed by atoms with van der Waals surface area (Å²) in [6.07, 6.45) is 2.09. The lowest BCUT2D eigenvalue weighted by atomic mass is 9.74. The summed E-state index contributed by atoms with van der Waals surface area (Å²) in [5.74, 6) is 0.113. The van der Waals surface area contributed by atoms with E-state index in [9.17, 15) is 14.3 Å². The number of carbonyl (C=O) groups excluding carboxylic acids is 1. The summed E-state index contributed by atoms with van der Waals surface area (Å²) < 4.78 is 19.1. The first kappa shape index (κ1) is 18.1. The summed E-state index contributed by atoms with van der Waals surface area (Å²) in [5, 5.41) is 14.4. The number of aliphatic hydroxyl groups excluding tert-OH is 1. The second-order valence-electron chi connectivity index (χ2n) is 6.68. The van der Waals surface area contributed by atoms with Gasteiger partial charge in [-0.1, -0.05) is 0 Å². The molecule has 2 N–H and O–H groups in total. The molecule has 1 aromatic rings. The highest BCUT2D eigenvalue weighted by atomic mass is 19.1. The number of benzene rings is 1. The van der Waals surface area contributed by atoms with Gasteiger partial charge < -0.3 is 15.2 Å². The fourth-order valence-corrected chi connectivity index (χ4v) is 3.45. The third-order valence-electron chi connectivity index (χ3n) is 4.88. The molecule has 2 fully saturated rings. The molecule has 0 aromatic heterocycles. The van der Waals surface area contributed by atoms with Crippen LogP contribution in [-0.4, -0.2) is 49.0 Å². The number of amides is 1. The van der Waals surface area contributed by atoms with Crippen LogP contribution in [0, 0.1) is 11.7 Å². The van der Waals surface area contributed by atoms with E-state index in [4.69, 9.17) is 9.57 Å². The van der Waals surface area contributed by atoms with Crippen LogP contribution in [0.5, 0.6) is 5.75 Å². The van der Waals surface area contributed by atoms with Gasteiger partial charge in [-0.05, 0) is 43.4 Å². The van der Waals surface area contributed by atoms with Gasteiger partial charge in [0.05, 0.1) is 25.9 Å². The summed E-state index contributed by atoms with van der Waals surface area (Å²) in [6, 6.07) is 3.93. The van der Waals surface area contributed by atoms with Gasteiger partial charge in [-0.3, -0.25) is 9.63 Å². The molecule has 6 nitrogen and oxygen atoms in total. The Kier molecular flexibility index (Phi) is 5.88. The van der Waals surface area contributed by atoms with Gasteiger partial charge in [0.1, 0.15) is 11.6 Å². The average Bonchev–Trinajstić information content (AvgIpc) is 3.09. The van der Waals surface area contributed by atoms with Crippen molar-refractivity contribution in [2.75, 3.05) is 26.8 Å². The van der Waals surface area contributed by atoms with Crippen molar-refractivity contribution < 1.29 is 23.9 Å². The van der Waals surface area contributed by atoms with Crippen molar-refractivity contribution in [3.63, 3.8) is 0 Å². The van der Waals surface area contributed by atoms with Crippen LogP contribution in [0.2, 0.25) is 0 Å². The lowest BCUT2D eigenvalue weighted by Gasteiger charge is -2.38. The fourth-order valence-electron chi connectivity index (χ4n) is 3.45. The predicted molar refractivity (Wildman–Crippen MR) is 89.3 cm³/mol. The van der Waals surface area contributed by atoms with Crippen molar-refractivity contribution in [2.45, 2.75) is 37.8 Å². The van der Waals surface area contributed by atoms with Gasteiger partial charge in [0.2, 0.25) is 5.91 Å². The minimum atomic E-state index is -0.375. The van der Waals surface area contributed by atoms with E-state index in [-0.39, 0.29) is 29.8 Å². The summed E-state index contributed by atoms with van der Waals surface area (Å²) in [6.45, 7) is 2.07. The Bertz CT molecular complexity index is 601. The monoisotopic (exact) mass is 352 g/mol. The van der Waals surface area contributed by atoms with Crippen LogP contribution in [0.4, 0.5) is 4.39 Å². The molecular formula is C18H25FN2O4. The SMILES string of the molecule is COc1ccc(F)cc1[C@H](NC(=O)CCN1CCCO1)C1CC(O)C1. The normalized spacial score (nSPS) is 24.6. The van der Waals surface area contributed by atoms with E-state index in [0.717, 1.165) is 13.0 Å². The molecule has 1 saturated carbocycles. The Morgan fingerprint density at radius 2 is 2.32 bits per heavy atom. The average molecular weight is 352 g/mol. The van der Waals surface area contributed by atoms with Crippen molar-refractivity contribution in [3.05, 3.63) is 29.6 Å². The summed E-state index contributed by atoms with van der Waals surface area (Å²) >= 11 is 0. The van der Waals surface area contributed by atoms with Crippen LogP contribution >= 0.6 is 0 Å². The second-order valence-corrected chi connectivity index (χ2v) is 6.68. The number of rotatable bonds is 7. The first-order valence-corrected chi connectivity index (χ1v) is 8.75. The van der Waals surface area contributed by atoms with Crippen LogP contribution in [0.1, 0.15) is 37.3 Å². The lowest BCUT2D eigenvalue weighted by Crippen LogP contribution is -2.42. The smallest absolute Gasteiger partial charge is 0.221 e. The van der Waals surface area contributed by atoms with Gasteiger partial charge in [-0.2, -0.15) is 5.06 Å². The summed E-state index contributed by atoms with van der Waals surface area (Å²) in [7, 11) is 1.52. The standard InChI is InChI=1S/C18H25FN2O4/c1-24-16-4-3-13(19)11-15(16)18(12-9-14(22)10-12)20-17(23)5-7-21-6-2-8-25-21/h3-4,11-12,14,18,22H,2,5-10H2,1H3,(H,20,23)/t12?,14?,18-/m1/s1. The van der Waals surface area contributed by atoms with E-state index < -0.39 is 0 Å². The first-order valence-electron chi connectivity index (χ1n) is 8.75. The summed E-state index contributed by atoms with van der Waals surface area (Å²) in [4.78, 5) is 17.8. The number of halogens is 1. The quantitative estimate of drug-likeness (QED) is 0.783. The Labute approximate surface area is 146 Å². The molecular weight excluding hydrogens is 327 g/mol. The van der Waals surface area contributed by atoms with Crippen molar-refractivity contribution in [3.8, 4) is 5.75 Å². The van der Waals surface area contributed by atoms with Gasteiger partial charge in [-0.15, -0.1) is 0 Å². The van der Waals surface area contributed by atoms with Crippen molar-refractivity contribution in [2.24, 2.45) is 5.92 Å². The van der Waals surface area contributed by atoms with Gasteiger partial charge in [0, 0.05) is 25.1 Å². The fraction of sp³-hybridized carbons (Fsp3) is 0.611. The lowest BCUT2D eigenvalue weighted by molar-refractivity contribution is -0.131. The molecule has 1 amide bonds. The molecule has 3 rings (SSSR count). The zero-order chi connectivity index (χ0) is 17.8. The van der Waals surface area contributed by atoms with Gasteiger partial charge in [0.15, 0.2) is 0 Å². The highest BCUT2D eigenvalue weighted by Gasteiger charge is 2.37. The van der Waals surface area contributed by atoms with Gasteiger partial charge in [0.25, 0.3) is 0 Å². The number of carbonyl (C=O) groups is 1. The predicted octanol–water partition coefficient (Wildman–Crippen LogP) is 1.79. The molecule has 1 aliphatic carbocycles. The van der Waals surface area contributed by atoms with E-state index >= 15 is 0 Å². The van der Waals surface area contributed by atoms with Crippen LogP contribution in [0.15, 0.2) is 18.2 Å². The molecule has 0 spiro atoms. The third kappa shape index (κ3) is 4.48. The topological polar surface area (TPSA) is 71.0 Å². The molecule has 1 saturated heterocycles. The number of methoxy groups -OCH3 is 1. The van der Waals surface area contributed by atoms with Crippen LogP contribution in [-0.2, 0) is 9.63 Å². The summed E-state index contributed by atoms with van der Waals surface area (Å²) in [5.41, 5.74) is 0.616. The Balaban J connectivity index is 1.69. The first-order chi connectivity index (χ1) is 12.1. The molecule has 1 atom stereocenters. The number of nitrogens with zero attached hydrogens (tertiary/aromatic N) is 1. The van der Waals surface area contributed by atoms with E-state index in [1.165, 1.54) is 19.2 Å². The van der Waals surface area contributed by atoms with E-state index in [0.29, 0.717) is 43.7 Å². The number of hydrogen-bond acceptors (Lipinski definition) is 5. The Hall–Kier alpha value is -1.70. The zero-order valence-corrected chi connectivity index (χ0v) is 14.4. The minimum absolute atomic E-state index is 0.0673. The number of hydrogen-bond donors (Lipinski definition) is 2. The second kappa shape index (κ2) is 8.12. The molecule has 0 radical (unpaired) electrons. The van der Waals surface area contributed by atoms with E-state index in [1.54, 1.807) is 11.1 Å². The van der Waals surface area contributed by atoms with Crippen molar-refractivity contribution in [1.82, 2.24) is 10.4 Å². The van der Waals surface area contributed by atoms with E-state index in [1.807, 2.05) is 0 Å². The number of aliphatic hydroxyl groups is 1. The van der Waals surface area contributed by atoms with Gasteiger partial charge in [-0.25, -0.2) is 4.39 Å². The van der Waals surface area contributed by atoms with Crippen LogP contribution in [0.3, 0.4) is 0 Å². The molecule has 0 bridgehead atoms. The largest absolute Gasteiger partial charge is 0.496 e. The van der Waals surface area contributed by atoms with Crippen LogP contribution < -0.4 is 10.1 Å². The zero-order valence-electron chi connectivity index (χ0n) is 14.4. The number of ether oxygens (including phenoxy) is 1. The molecule has 2 aliphatic rings. The third-order valence-corrected chi connectivity index (χ3v) is 4.88. The highest BCUT2D eigenvalue weighted by Crippen LogP contribution is 2.41. The molecule has 25 heavy (non-hydrogen) atoms. The molecule has 1 aliphatic heterocycles.